The highest BCUT2D eigenvalue weighted by atomic mass is 32.1. The molecule has 0 bridgehead atoms. The molecule has 0 fully saturated rings. The maximum absolute atomic E-state index is 12.6. The van der Waals surface area contributed by atoms with E-state index < -0.39 is 0 Å². The molecule has 1 heterocycles. The average molecular weight is 439 g/mol. The lowest BCUT2D eigenvalue weighted by molar-refractivity contribution is 0.0603. The number of thiophene rings is 1. The number of benzene rings is 2. The molecule has 2 N–H and O–H groups in total. The summed E-state index contributed by atoms with van der Waals surface area (Å²) in [6.07, 6.45) is 1.10. The van der Waals surface area contributed by atoms with E-state index in [1.54, 1.807) is 0 Å². The van der Waals surface area contributed by atoms with Gasteiger partial charge in [-0.3, -0.25) is 0 Å². The van der Waals surface area contributed by atoms with E-state index in [0.29, 0.717) is 21.6 Å². The van der Waals surface area contributed by atoms with Gasteiger partial charge in [0.1, 0.15) is 10.6 Å². The summed E-state index contributed by atoms with van der Waals surface area (Å²) in [6, 6.07) is 18.1. The first kappa shape index (κ1) is 22.0. The van der Waals surface area contributed by atoms with Gasteiger partial charge in [-0.15, -0.1) is 11.3 Å². The predicted octanol–water partition coefficient (Wildman–Crippen LogP) is 6.83. The maximum Gasteiger partial charge on any atom is 0.341 e. The molecule has 0 amide bonds. The first-order valence-corrected chi connectivity index (χ1v) is 11.1. The van der Waals surface area contributed by atoms with E-state index in [4.69, 9.17) is 17.0 Å². The van der Waals surface area contributed by atoms with Crippen LogP contribution in [0.4, 0.5) is 10.7 Å². The van der Waals surface area contributed by atoms with Gasteiger partial charge in [-0.1, -0.05) is 56.3 Å². The van der Waals surface area contributed by atoms with Crippen LogP contribution >= 0.6 is 23.6 Å². The lowest BCUT2D eigenvalue weighted by Gasteiger charge is -2.13. The van der Waals surface area contributed by atoms with Gasteiger partial charge in [-0.2, -0.15) is 0 Å². The molecule has 0 radical (unpaired) electrons. The van der Waals surface area contributed by atoms with Crippen LogP contribution in [-0.2, 0) is 4.74 Å². The highest BCUT2D eigenvalue weighted by Gasteiger charge is 2.24. The van der Waals surface area contributed by atoms with Gasteiger partial charge in [-0.25, -0.2) is 4.79 Å². The molecule has 4 nitrogen and oxygen atoms in total. The van der Waals surface area contributed by atoms with Gasteiger partial charge in [0, 0.05) is 16.1 Å². The van der Waals surface area contributed by atoms with E-state index in [2.05, 4.69) is 36.6 Å². The van der Waals surface area contributed by atoms with Gasteiger partial charge >= 0.3 is 5.97 Å². The Hall–Kier alpha value is -2.70. The first-order chi connectivity index (χ1) is 14.4. The molecule has 30 heavy (non-hydrogen) atoms. The Morgan fingerprint density at radius 1 is 1.10 bits per heavy atom. The minimum Gasteiger partial charge on any atom is -0.465 e. The summed E-state index contributed by atoms with van der Waals surface area (Å²) in [5, 5.41) is 7.50. The largest absolute Gasteiger partial charge is 0.465 e. The second-order valence-corrected chi connectivity index (χ2v) is 8.74. The molecule has 0 saturated carbocycles. The number of esters is 1. The predicted molar refractivity (Wildman–Crippen MR) is 131 cm³/mol. The van der Waals surface area contributed by atoms with Gasteiger partial charge in [0.25, 0.3) is 0 Å². The van der Waals surface area contributed by atoms with Crippen LogP contribution in [0.5, 0.6) is 0 Å². The van der Waals surface area contributed by atoms with Crippen LogP contribution in [0.3, 0.4) is 0 Å². The SMILES string of the molecule is CCC(C)c1ccc(NC(=S)Nc2sc(C)c(-c3ccccc3)c2C(=O)OC)cc1. The second kappa shape index (κ2) is 9.87. The number of hydrogen-bond acceptors (Lipinski definition) is 4. The van der Waals surface area contributed by atoms with Crippen LogP contribution < -0.4 is 10.6 Å². The van der Waals surface area contributed by atoms with Gasteiger partial charge in [-0.05, 0) is 54.7 Å². The number of carbonyl (C=O) groups excluding carboxylic acids is 1. The highest BCUT2D eigenvalue weighted by Crippen LogP contribution is 2.40. The van der Waals surface area contributed by atoms with E-state index in [1.165, 1.54) is 24.0 Å². The highest BCUT2D eigenvalue weighted by molar-refractivity contribution is 7.80. The molecule has 3 rings (SSSR count). The van der Waals surface area contributed by atoms with E-state index in [-0.39, 0.29) is 5.97 Å². The monoisotopic (exact) mass is 438 g/mol. The summed E-state index contributed by atoms with van der Waals surface area (Å²) >= 11 is 7.00. The molecule has 0 saturated heterocycles. The Morgan fingerprint density at radius 3 is 2.37 bits per heavy atom. The molecule has 3 aromatic rings. The third kappa shape index (κ3) is 4.89. The van der Waals surface area contributed by atoms with Crippen molar-refractivity contribution in [3.63, 3.8) is 0 Å². The van der Waals surface area contributed by atoms with Crippen molar-refractivity contribution < 1.29 is 9.53 Å². The summed E-state index contributed by atoms with van der Waals surface area (Å²) < 4.78 is 5.06. The Balaban J connectivity index is 1.84. The van der Waals surface area contributed by atoms with E-state index >= 15 is 0 Å². The van der Waals surface area contributed by atoms with Crippen molar-refractivity contribution >= 4 is 45.3 Å². The molecular weight excluding hydrogens is 412 g/mol. The Labute approximate surface area is 187 Å². The molecule has 0 spiro atoms. The fourth-order valence-electron chi connectivity index (χ4n) is 3.28. The Bertz CT molecular complexity index is 1030. The molecule has 2 aromatic carbocycles. The van der Waals surface area contributed by atoms with Crippen molar-refractivity contribution in [1.29, 1.82) is 0 Å². The zero-order valence-electron chi connectivity index (χ0n) is 17.6. The van der Waals surface area contributed by atoms with Crippen molar-refractivity contribution in [3.05, 3.63) is 70.6 Å². The minimum absolute atomic E-state index is 0.388. The number of nitrogens with one attached hydrogen (secondary N) is 2. The summed E-state index contributed by atoms with van der Waals surface area (Å²) in [5.41, 5.74) is 4.55. The number of carbonyl (C=O) groups is 1. The molecule has 1 unspecified atom stereocenters. The number of rotatable bonds is 6. The summed E-state index contributed by atoms with van der Waals surface area (Å²) in [6.45, 7) is 6.39. The average Bonchev–Trinajstić information content (AvgIpc) is 3.09. The lowest BCUT2D eigenvalue weighted by atomic mass is 9.99. The number of methoxy groups -OCH3 is 1. The van der Waals surface area contributed by atoms with Crippen LogP contribution in [-0.4, -0.2) is 18.2 Å². The third-order valence-electron chi connectivity index (χ3n) is 5.11. The molecule has 6 heteroatoms. The van der Waals surface area contributed by atoms with Gasteiger partial charge in [0.2, 0.25) is 0 Å². The molecular formula is C24H26N2O2S2. The molecule has 1 atom stereocenters. The van der Waals surface area contributed by atoms with Crippen LogP contribution in [0.1, 0.15) is 47.0 Å². The van der Waals surface area contributed by atoms with Crippen LogP contribution in [0.15, 0.2) is 54.6 Å². The standard InChI is InChI=1S/C24H26N2O2S2/c1-5-15(2)17-11-13-19(14-12-17)25-24(29)26-22-21(23(27)28-4)20(16(3)30-22)18-9-7-6-8-10-18/h6-15H,5H2,1-4H3,(H2,25,26,29). The van der Waals surface area contributed by atoms with Gasteiger partial charge in [0.15, 0.2) is 5.11 Å². The smallest absolute Gasteiger partial charge is 0.341 e. The molecule has 156 valence electrons. The zero-order valence-corrected chi connectivity index (χ0v) is 19.2. The van der Waals surface area contributed by atoms with Crippen molar-refractivity contribution in [2.75, 3.05) is 17.7 Å². The minimum atomic E-state index is -0.388. The second-order valence-electron chi connectivity index (χ2n) is 7.11. The lowest BCUT2D eigenvalue weighted by Crippen LogP contribution is -2.20. The van der Waals surface area contributed by atoms with Crippen LogP contribution in [0, 0.1) is 6.92 Å². The number of anilines is 2. The van der Waals surface area contributed by atoms with Crippen molar-refractivity contribution in [2.45, 2.75) is 33.1 Å². The van der Waals surface area contributed by atoms with Crippen molar-refractivity contribution in [3.8, 4) is 11.1 Å². The Morgan fingerprint density at radius 2 is 1.77 bits per heavy atom. The number of aryl methyl sites for hydroxylation is 1. The van der Waals surface area contributed by atoms with E-state index in [0.717, 1.165) is 28.1 Å². The first-order valence-electron chi connectivity index (χ1n) is 9.89. The maximum atomic E-state index is 12.6. The molecule has 1 aromatic heterocycles. The van der Waals surface area contributed by atoms with Gasteiger partial charge < -0.3 is 15.4 Å². The van der Waals surface area contributed by atoms with Crippen LogP contribution in [0.25, 0.3) is 11.1 Å². The molecule has 0 aliphatic heterocycles. The molecule has 0 aliphatic rings. The number of hydrogen-bond donors (Lipinski definition) is 2. The van der Waals surface area contributed by atoms with E-state index in [1.807, 2.05) is 49.4 Å². The fourth-order valence-corrected chi connectivity index (χ4v) is 4.63. The van der Waals surface area contributed by atoms with Crippen LogP contribution in [0.2, 0.25) is 0 Å². The number of ether oxygens (including phenoxy) is 1. The quantitative estimate of drug-likeness (QED) is 0.326. The topological polar surface area (TPSA) is 50.4 Å². The summed E-state index contributed by atoms with van der Waals surface area (Å²) in [4.78, 5) is 13.6. The fraction of sp³-hybridized carbons (Fsp3) is 0.250. The zero-order chi connectivity index (χ0) is 21.7. The Kier molecular flexibility index (Phi) is 7.24. The van der Waals surface area contributed by atoms with E-state index in [9.17, 15) is 4.79 Å². The third-order valence-corrected chi connectivity index (χ3v) is 6.34. The normalized spacial score (nSPS) is 11.6. The van der Waals surface area contributed by atoms with Crippen molar-refractivity contribution in [2.24, 2.45) is 0 Å². The molecule has 0 aliphatic carbocycles. The number of thiocarbonyl (C=S) groups is 1. The summed E-state index contributed by atoms with van der Waals surface area (Å²) in [5.74, 6) is 0.138. The summed E-state index contributed by atoms with van der Waals surface area (Å²) in [7, 11) is 1.39. The van der Waals surface area contributed by atoms with Crippen molar-refractivity contribution in [1.82, 2.24) is 0 Å². The van der Waals surface area contributed by atoms with Gasteiger partial charge in [0.05, 0.1) is 7.11 Å².